The van der Waals surface area contributed by atoms with Gasteiger partial charge >= 0.3 is 19.5 Å². The molecule has 2 rings (SSSR count). The molecule has 0 spiro atoms. The van der Waals surface area contributed by atoms with E-state index in [2.05, 4.69) is 31.9 Å². The lowest BCUT2D eigenvalue weighted by atomic mass is 10.5. The highest BCUT2D eigenvalue weighted by Crippen LogP contribution is 2.53. The van der Waals surface area contributed by atoms with Crippen molar-refractivity contribution in [1.82, 2.24) is 4.67 Å². The molecule has 160 valence electrons. The van der Waals surface area contributed by atoms with Crippen LogP contribution >= 0.6 is 39.6 Å². The maximum absolute atomic E-state index is 13.4. The largest absolute Gasteiger partial charge is 0.433 e. The van der Waals surface area contributed by atoms with Crippen LogP contribution in [0.5, 0.6) is 0 Å². The second-order valence-corrected chi connectivity index (χ2v) is 8.95. The molecular formula is C14H16Br2N3O9P. The molecule has 0 saturated heterocycles. The normalized spacial score (nSPS) is 11.8. The second-order valence-electron chi connectivity index (χ2n) is 5.34. The number of furan rings is 2. The molecule has 2 aromatic heterocycles. The van der Waals surface area contributed by atoms with Crippen molar-refractivity contribution in [2.75, 3.05) is 23.7 Å². The predicted octanol–water partition coefficient (Wildman–Crippen LogP) is 4.62. The van der Waals surface area contributed by atoms with Gasteiger partial charge in [0.2, 0.25) is 0 Å². The average Bonchev–Trinajstić information content (AvgIpc) is 3.34. The lowest BCUT2D eigenvalue weighted by Crippen LogP contribution is -2.27. The fourth-order valence-electron chi connectivity index (χ4n) is 2.13. The van der Waals surface area contributed by atoms with Crippen molar-refractivity contribution in [2.24, 2.45) is 0 Å². The molecular weight excluding hydrogens is 545 g/mol. The van der Waals surface area contributed by atoms with Gasteiger partial charge in [0.05, 0.1) is 12.1 Å². The van der Waals surface area contributed by atoms with Gasteiger partial charge in [-0.15, -0.1) is 0 Å². The Balaban J connectivity index is 2.15. The Labute approximate surface area is 181 Å². The summed E-state index contributed by atoms with van der Waals surface area (Å²) in [7, 11) is -3.91. The van der Waals surface area contributed by atoms with E-state index in [1.165, 1.54) is 16.8 Å². The first kappa shape index (κ1) is 23.7. The predicted molar refractivity (Wildman–Crippen MR) is 107 cm³/mol. The van der Waals surface area contributed by atoms with E-state index in [0.29, 0.717) is 23.7 Å². The molecule has 0 aliphatic heterocycles. The Hall–Kier alpha value is -1.57. The number of alkyl halides is 2. The summed E-state index contributed by atoms with van der Waals surface area (Å²) in [4.78, 5) is 20.0. The third-order valence-electron chi connectivity index (χ3n) is 3.43. The van der Waals surface area contributed by atoms with Gasteiger partial charge in [0.1, 0.15) is 34.6 Å². The maximum Gasteiger partial charge on any atom is 0.433 e. The zero-order valence-corrected chi connectivity index (χ0v) is 18.8. The molecule has 0 N–H and O–H groups in total. The quantitative estimate of drug-likeness (QED) is 0.147. The van der Waals surface area contributed by atoms with E-state index < -0.39 is 29.4 Å². The molecule has 0 aliphatic carbocycles. The fourth-order valence-corrected chi connectivity index (χ4v) is 5.20. The minimum atomic E-state index is -3.91. The van der Waals surface area contributed by atoms with E-state index in [-0.39, 0.29) is 24.7 Å². The first-order chi connectivity index (χ1) is 13.8. The van der Waals surface area contributed by atoms with Crippen LogP contribution in [-0.4, -0.2) is 38.3 Å². The van der Waals surface area contributed by atoms with Crippen molar-refractivity contribution < 1.29 is 32.3 Å². The van der Waals surface area contributed by atoms with Crippen molar-refractivity contribution >= 4 is 51.4 Å². The Bertz CT molecular complexity index is 821. The Morgan fingerprint density at radius 3 is 1.62 bits per heavy atom. The molecule has 0 unspecified atom stereocenters. The van der Waals surface area contributed by atoms with Crippen LogP contribution in [0.3, 0.4) is 0 Å². The van der Waals surface area contributed by atoms with Gasteiger partial charge in [-0.25, -0.2) is 9.24 Å². The fraction of sp³-hybridized carbons (Fsp3) is 0.429. The highest BCUT2D eigenvalue weighted by Gasteiger charge is 2.34. The number of hydrogen-bond donors (Lipinski definition) is 0. The van der Waals surface area contributed by atoms with Crippen molar-refractivity contribution in [3.8, 4) is 0 Å². The molecule has 0 bridgehead atoms. The lowest BCUT2D eigenvalue weighted by molar-refractivity contribution is -0.402. The molecule has 0 aliphatic rings. The molecule has 2 aromatic rings. The van der Waals surface area contributed by atoms with E-state index in [4.69, 9.17) is 17.9 Å². The summed E-state index contributed by atoms with van der Waals surface area (Å²) in [5, 5.41) is 22.4. The van der Waals surface area contributed by atoms with Crippen molar-refractivity contribution in [1.29, 1.82) is 0 Å². The van der Waals surface area contributed by atoms with Gasteiger partial charge in [-0.1, -0.05) is 31.9 Å². The highest BCUT2D eigenvalue weighted by atomic mass is 79.9. The standard InChI is InChI=1S/C14H16Br2N3O9P/c15-5-7-17(8-6-16)29(24,25-9-11-1-3-13(27-11)18(20)21)26-10-12-2-4-14(28-12)19(22)23/h1-4H,5-10H2. The summed E-state index contributed by atoms with van der Waals surface area (Å²) in [5.41, 5.74) is 0. The molecule has 0 amide bonds. The van der Waals surface area contributed by atoms with Crippen LogP contribution in [0, 0.1) is 20.2 Å². The molecule has 0 aromatic carbocycles. The minimum Gasteiger partial charge on any atom is -0.403 e. The third kappa shape index (κ3) is 6.73. The van der Waals surface area contributed by atoms with E-state index in [9.17, 15) is 24.8 Å². The molecule has 15 heteroatoms. The summed E-state index contributed by atoms with van der Waals surface area (Å²) >= 11 is 6.53. The summed E-state index contributed by atoms with van der Waals surface area (Å²) < 4.78 is 35.8. The van der Waals surface area contributed by atoms with Crippen LogP contribution in [0.15, 0.2) is 33.1 Å². The first-order valence-electron chi connectivity index (χ1n) is 8.01. The summed E-state index contributed by atoms with van der Waals surface area (Å²) in [6.07, 6.45) is 0. The van der Waals surface area contributed by atoms with Crippen LogP contribution in [0.2, 0.25) is 0 Å². The SMILES string of the molecule is O=[N+]([O-])c1ccc(COP(=O)(OCc2ccc([N+](=O)[O-])o2)N(CCBr)CCBr)o1. The van der Waals surface area contributed by atoms with Crippen LogP contribution < -0.4 is 0 Å². The summed E-state index contributed by atoms with van der Waals surface area (Å²) in [6, 6.07) is 4.97. The van der Waals surface area contributed by atoms with Gasteiger partial charge in [0, 0.05) is 23.7 Å². The monoisotopic (exact) mass is 559 g/mol. The Morgan fingerprint density at radius 2 is 1.31 bits per heavy atom. The van der Waals surface area contributed by atoms with Gasteiger partial charge in [-0.3, -0.25) is 29.3 Å². The zero-order valence-electron chi connectivity index (χ0n) is 14.8. The third-order valence-corrected chi connectivity index (χ3v) is 6.14. The first-order valence-corrected chi connectivity index (χ1v) is 11.8. The molecule has 0 saturated carbocycles. The van der Waals surface area contributed by atoms with Crippen molar-refractivity contribution in [2.45, 2.75) is 13.2 Å². The highest BCUT2D eigenvalue weighted by molar-refractivity contribution is 9.09. The van der Waals surface area contributed by atoms with E-state index in [1.54, 1.807) is 0 Å². The zero-order chi connectivity index (χ0) is 21.4. The smallest absolute Gasteiger partial charge is 0.403 e. The summed E-state index contributed by atoms with van der Waals surface area (Å²) in [5.74, 6) is -0.765. The van der Waals surface area contributed by atoms with Crippen LogP contribution in [0.25, 0.3) is 0 Å². The van der Waals surface area contributed by atoms with Gasteiger partial charge in [-0.05, 0) is 12.1 Å². The van der Waals surface area contributed by atoms with Crippen LogP contribution in [-0.2, 0) is 26.8 Å². The molecule has 29 heavy (non-hydrogen) atoms. The number of nitro groups is 2. The molecule has 0 atom stereocenters. The maximum atomic E-state index is 13.4. The molecule has 12 nitrogen and oxygen atoms in total. The second kappa shape index (κ2) is 11.0. The molecule has 0 fully saturated rings. The number of hydrogen-bond acceptors (Lipinski definition) is 9. The van der Waals surface area contributed by atoms with Crippen LogP contribution in [0.4, 0.5) is 11.8 Å². The average molecular weight is 561 g/mol. The molecule has 0 radical (unpaired) electrons. The van der Waals surface area contributed by atoms with Gasteiger partial charge in [-0.2, -0.15) is 0 Å². The molecule has 2 heterocycles. The van der Waals surface area contributed by atoms with E-state index >= 15 is 0 Å². The van der Waals surface area contributed by atoms with Crippen LogP contribution in [0.1, 0.15) is 11.5 Å². The lowest BCUT2D eigenvalue weighted by Gasteiger charge is -2.28. The Kier molecular flexibility index (Phi) is 8.99. The van der Waals surface area contributed by atoms with E-state index in [0.717, 1.165) is 12.1 Å². The number of halogens is 2. The Morgan fingerprint density at radius 1 is 0.897 bits per heavy atom. The summed E-state index contributed by atoms with van der Waals surface area (Å²) in [6.45, 7) is -0.0754. The number of nitrogens with zero attached hydrogens (tertiary/aromatic N) is 3. The topological polar surface area (TPSA) is 151 Å². The number of rotatable bonds is 13. The van der Waals surface area contributed by atoms with E-state index in [1.807, 2.05) is 0 Å². The van der Waals surface area contributed by atoms with Crippen molar-refractivity contribution in [3.63, 3.8) is 0 Å². The van der Waals surface area contributed by atoms with Crippen molar-refractivity contribution in [3.05, 3.63) is 56.0 Å². The van der Waals surface area contributed by atoms with Gasteiger partial charge in [0.15, 0.2) is 0 Å². The van der Waals surface area contributed by atoms with Gasteiger partial charge in [0.25, 0.3) is 0 Å². The minimum absolute atomic E-state index is 0.0896. The van der Waals surface area contributed by atoms with Gasteiger partial charge < -0.3 is 8.83 Å².